The van der Waals surface area contributed by atoms with Crippen molar-refractivity contribution in [1.29, 1.82) is 0 Å². The Morgan fingerprint density at radius 2 is 2.13 bits per heavy atom. The summed E-state index contributed by atoms with van der Waals surface area (Å²) in [5.74, 6) is 0.260. The van der Waals surface area contributed by atoms with Crippen LogP contribution in [0.4, 0.5) is 5.69 Å². The Balaban J connectivity index is 3.57. The first-order chi connectivity index (χ1) is 6.99. The fourth-order valence-corrected chi connectivity index (χ4v) is 1.33. The van der Waals surface area contributed by atoms with Crippen LogP contribution in [0.3, 0.4) is 0 Å². The summed E-state index contributed by atoms with van der Waals surface area (Å²) in [5, 5.41) is 10.5. The van der Waals surface area contributed by atoms with Crippen molar-refractivity contribution < 1.29 is 4.92 Å². The van der Waals surface area contributed by atoms with Crippen molar-refractivity contribution in [3.8, 4) is 0 Å². The van der Waals surface area contributed by atoms with Crippen molar-refractivity contribution in [1.82, 2.24) is 9.13 Å². The third-order valence-electron chi connectivity index (χ3n) is 1.83. The lowest BCUT2D eigenvalue weighted by Crippen LogP contribution is -2.39. The molecule has 1 aromatic rings. The Labute approximate surface area is 89.5 Å². The minimum Gasteiger partial charge on any atom is -0.297 e. The van der Waals surface area contributed by atoms with Crippen molar-refractivity contribution >= 4 is 18.3 Å². The second-order valence-electron chi connectivity index (χ2n) is 2.85. The molecule has 0 radical (unpaired) electrons. The third-order valence-corrected chi connectivity index (χ3v) is 2.03. The van der Waals surface area contributed by atoms with Gasteiger partial charge in [-0.05, 0) is 0 Å². The zero-order chi connectivity index (χ0) is 11.6. The van der Waals surface area contributed by atoms with Gasteiger partial charge in [-0.3, -0.25) is 24.0 Å². The van der Waals surface area contributed by atoms with Crippen molar-refractivity contribution in [3.05, 3.63) is 37.1 Å². The number of nitro groups is 1. The SMILES string of the molecule is Cn1cc([N+](=O)[O-])c(=O)n(CCS)c1=O. The molecule has 0 aliphatic carbocycles. The highest BCUT2D eigenvalue weighted by Crippen LogP contribution is 1.98. The van der Waals surface area contributed by atoms with E-state index in [-0.39, 0.29) is 12.3 Å². The number of thiol groups is 1. The monoisotopic (exact) mass is 231 g/mol. The first-order valence-corrected chi connectivity index (χ1v) is 4.68. The molecule has 1 aromatic heterocycles. The first-order valence-electron chi connectivity index (χ1n) is 4.04. The van der Waals surface area contributed by atoms with Crippen molar-refractivity contribution in [3.63, 3.8) is 0 Å². The number of aryl methyl sites for hydroxylation is 1. The summed E-state index contributed by atoms with van der Waals surface area (Å²) in [6.07, 6.45) is 0.916. The van der Waals surface area contributed by atoms with E-state index in [0.29, 0.717) is 0 Å². The smallest absolute Gasteiger partial charge is 0.297 e. The van der Waals surface area contributed by atoms with Gasteiger partial charge >= 0.3 is 16.9 Å². The molecule has 7 nitrogen and oxygen atoms in total. The molecule has 8 heteroatoms. The fraction of sp³-hybridized carbons (Fsp3) is 0.429. The second-order valence-corrected chi connectivity index (χ2v) is 3.29. The number of hydrogen-bond donors (Lipinski definition) is 1. The van der Waals surface area contributed by atoms with Crippen LogP contribution in [0.25, 0.3) is 0 Å². The summed E-state index contributed by atoms with van der Waals surface area (Å²) in [7, 11) is 1.35. The number of aromatic nitrogens is 2. The maximum Gasteiger partial charge on any atom is 0.350 e. The van der Waals surface area contributed by atoms with Crippen LogP contribution in [-0.4, -0.2) is 19.8 Å². The zero-order valence-electron chi connectivity index (χ0n) is 7.91. The van der Waals surface area contributed by atoms with Crippen LogP contribution in [0.15, 0.2) is 15.8 Å². The summed E-state index contributed by atoms with van der Waals surface area (Å²) in [6.45, 7) is 0.0519. The number of nitrogens with zero attached hydrogens (tertiary/aromatic N) is 3. The molecule has 0 bridgehead atoms. The molecule has 1 rings (SSSR count). The van der Waals surface area contributed by atoms with Gasteiger partial charge in [-0.2, -0.15) is 12.6 Å². The van der Waals surface area contributed by atoms with Gasteiger partial charge in [-0.15, -0.1) is 0 Å². The molecule has 0 aliphatic heterocycles. The zero-order valence-corrected chi connectivity index (χ0v) is 8.81. The van der Waals surface area contributed by atoms with Crippen LogP contribution >= 0.6 is 12.6 Å². The average molecular weight is 231 g/mol. The van der Waals surface area contributed by atoms with E-state index < -0.39 is 21.9 Å². The molecule has 15 heavy (non-hydrogen) atoms. The first kappa shape index (κ1) is 11.5. The van der Waals surface area contributed by atoms with Gasteiger partial charge in [0.2, 0.25) is 0 Å². The summed E-state index contributed by atoms with van der Waals surface area (Å²) in [5.41, 5.74) is -2.09. The lowest BCUT2D eigenvalue weighted by atomic mass is 10.5. The fourth-order valence-electron chi connectivity index (χ4n) is 1.13. The van der Waals surface area contributed by atoms with E-state index in [9.17, 15) is 19.7 Å². The maximum atomic E-state index is 11.4. The van der Waals surface area contributed by atoms with Gasteiger partial charge in [0.1, 0.15) is 0 Å². The minimum atomic E-state index is -0.892. The van der Waals surface area contributed by atoms with Crippen LogP contribution in [0, 0.1) is 10.1 Å². The average Bonchev–Trinajstić information content (AvgIpc) is 2.18. The molecule has 0 unspecified atom stereocenters. The molecule has 0 fully saturated rings. The molecular formula is C7H9N3O4S. The quantitative estimate of drug-likeness (QED) is 0.427. The molecular weight excluding hydrogens is 222 g/mol. The van der Waals surface area contributed by atoms with Gasteiger partial charge < -0.3 is 0 Å². The summed E-state index contributed by atoms with van der Waals surface area (Å²) >= 11 is 3.87. The lowest BCUT2D eigenvalue weighted by molar-refractivity contribution is -0.387. The molecule has 1 heterocycles. The van der Waals surface area contributed by atoms with Crippen LogP contribution < -0.4 is 11.2 Å². The van der Waals surface area contributed by atoms with Gasteiger partial charge in [0, 0.05) is 19.3 Å². The van der Waals surface area contributed by atoms with E-state index in [0.717, 1.165) is 15.3 Å². The molecule has 0 saturated heterocycles. The summed E-state index contributed by atoms with van der Waals surface area (Å²) in [6, 6.07) is 0. The second kappa shape index (κ2) is 4.30. The van der Waals surface area contributed by atoms with Crippen LogP contribution in [0.5, 0.6) is 0 Å². The van der Waals surface area contributed by atoms with E-state index in [1.807, 2.05) is 0 Å². The standard InChI is InChI=1S/C7H9N3O4S/c1-8-4-5(10(13)14)6(11)9(2-3-15)7(8)12/h4,15H,2-3H2,1H3. The van der Waals surface area contributed by atoms with Crippen molar-refractivity contribution in [2.75, 3.05) is 5.75 Å². The molecule has 0 aliphatic rings. The van der Waals surface area contributed by atoms with E-state index in [1.165, 1.54) is 7.05 Å². The van der Waals surface area contributed by atoms with Gasteiger partial charge in [0.05, 0.1) is 11.1 Å². The summed E-state index contributed by atoms with van der Waals surface area (Å²) in [4.78, 5) is 32.6. The molecule has 82 valence electrons. The third kappa shape index (κ3) is 2.09. The van der Waals surface area contributed by atoms with E-state index >= 15 is 0 Å². The summed E-state index contributed by atoms with van der Waals surface area (Å²) < 4.78 is 1.80. The normalized spacial score (nSPS) is 10.3. The van der Waals surface area contributed by atoms with Crippen LogP contribution in [0.2, 0.25) is 0 Å². The highest BCUT2D eigenvalue weighted by Gasteiger charge is 2.17. The Bertz CT molecular complexity index is 504. The predicted molar refractivity (Wildman–Crippen MR) is 56.5 cm³/mol. The predicted octanol–water partition coefficient (Wildman–Crippen LogP) is -0.615. The molecule has 0 N–H and O–H groups in total. The molecule has 0 spiro atoms. The molecule has 0 amide bonds. The van der Waals surface area contributed by atoms with Crippen molar-refractivity contribution in [2.24, 2.45) is 7.05 Å². The van der Waals surface area contributed by atoms with E-state index in [4.69, 9.17) is 0 Å². The van der Waals surface area contributed by atoms with Gasteiger partial charge in [-0.1, -0.05) is 0 Å². The van der Waals surface area contributed by atoms with Gasteiger partial charge in [0.15, 0.2) is 0 Å². The maximum absolute atomic E-state index is 11.4. The van der Waals surface area contributed by atoms with Crippen LogP contribution in [-0.2, 0) is 13.6 Å². The lowest BCUT2D eigenvalue weighted by Gasteiger charge is -2.04. The Morgan fingerprint density at radius 1 is 1.53 bits per heavy atom. The largest absolute Gasteiger partial charge is 0.350 e. The number of hydrogen-bond acceptors (Lipinski definition) is 5. The van der Waals surface area contributed by atoms with Gasteiger partial charge in [0.25, 0.3) is 0 Å². The van der Waals surface area contributed by atoms with E-state index in [2.05, 4.69) is 12.6 Å². The molecule has 0 aromatic carbocycles. The highest BCUT2D eigenvalue weighted by molar-refractivity contribution is 7.80. The van der Waals surface area contributed by atoms with Gasteiger partial charge in [-0.25, -0.2) is 4.79 Å². The van der Waals surface area contributed by atoms with Crippen molar-refractivity contribution in [2.45, 2.75) is 6.54 Å². The molecule has 0 atom stereocenters. The molecule has 0 saturated carbocycles. The Kier molecular flexibility index (Phi) is 3.30. The highest BCUT2D eigenvalue weighted by atomic mass is 32.1. The Morgan fingerprint density at radius 3 is 2.60 bits per heavy atom. The van der Waals surface area contributed by atoms with Crippen LogP contribution in [0.1, 0.15) is 0 Å². The van der Waals surface area contributed by atoms with E-state index in [1.54, 1.807) is 0 Å². The Hall–Kier alpha value is -1.57. The minimum absolute atomic E-state index is 0.0519. The topological polar surface area (TPSA) is 87.1 Å². The number of rotatable bonds is 3.